The molecule has 0 saturated heterocycles. The minimum atomic E-state index is -0.0537. The maximum Gasteiger partial charge on any atom is 0.252 e. The number of carbonyl (C=O) groups is 1. The van der Waals surface area contributed by atoms with E-state index in [0.29, 0.717) is 28.6 Å². The highest BCUT2D eigenvalue weighted by molar-refractivity contribution is 5.94. The molecule has 0 spiro atoms. The summed E-state index contributed by atoms with van der Waals surface area (Å²) in [6.07, 6.45) is 3.26. The molecule has 3 aromatic heterocycles. The van der Waals surface area contributed by atoms with Crippen LogP contribution in [0.15, 0.2) is 42.7 Å². The van der Waals surface area contributed by atoms with E-state index in [-0.39, 0.29) is 12.4 Å². The zero-order valence-corrected chi connectivity index (χ0v) is 13.8. The first-order valence-electron chi connectivity index (χ1n) is 7.82. The van der Waals surface area contributed by atoms with Crippen LogP contribution in [0.25, 0.3) is 16.7 Å². The third-order valence-corrected chi connectivity index (χ3v) is 3.98. The van der Waals surface area contributed by atoms with Crippen LogP contribution in [0, 0.1) is 6.92 Å². The van der Waals surface area contributed by atoms with Crippen molar-refractivity contribution in [2.24, 2.45) is 0 Å². The third kappa shape index (κ3) is 2.69. The van der Waals surface area contributed by atoms with Crippen LogP contribution in [-0.4, -0.2) is 30.3 Å². The summed E-state index contributed by atoms with van der Waals surface area (Å²) in [6.45, 7) is 3.51. The number of aryl methyl sites for hydroxylation is 1. The van der Waals surface area contributed by atoms with Gasteiger partial charge in [0, 0.05) is 17.8 Å². The molecule has 0 unspecified atom stereocenters. The number of fused-ring (bicyclic) bond motifs is 2. The predicted molar refractivity (Wildman–Crippen MR) is 91.6 cm³/mol. The van der Waals surface area contributed by atoms with E-state index in [4.69, 9.17) is 4.74 Å². The van der Waals surface area contributed by atoms with Crippen molar-refractivity contribution in [1.29, 1.82) is 0 Å². The molecule has 1 aromatic carbocycles. The predicted octanol–water partition coefficient (Wildman–Crippen LogP) is 2.76. The minimum Gasteiger partial charge on any atom is -0.483 e. The lowest BCUT2D eigenvalue weighted by Crippen LogP contribution is -2.05. The van der Waals surface area contributed by atoms with E-state index in [1.807, 2.05) is 37.3 Å². The van der Waals surface area contributed by atoms with E-state index in [1.54, 1.807) is 10.7 Å². The second kappa shape index (κ2) is 5.94. The van der Waals surface area contributed by atoms with E-state index < -0.39 is 0 Å². The molecule has 0 saturated carbocycles. The number of rotatable bonds is 4. The van der Waals surface area contributed by atoms with Gasteiger partial charge in [0.25, 0.3) is 5.78 Å². The molecular weight excluding hydrogens is 318 g/mol. The van der Waals surface area contributed by atoms with Crippen LogP contribution in [0.2, 0.25) is 0 Å². The summed E-state index contributed by atoms with van der Waals surface area (Å²) in [5.74, 6) is 1.55. The fourth-order valence-corrected chi connectivity index (χ4v) is 2.73. The van der Waals surface area contributed by atoms with Crippen molar-refractivity contribution in [3.05, 3.63) is 59.8 Å². The molecule has 0 amide bonds. The summed E-state index contributed by atoms with van der Waals surface area (Å²) in [4.78, 5) is 24.5. The lowest BCUT2D eigenvalue weighted by molar-refractivity contribution is 0.101. The number of benzene rings is 1. The van der Waals surface area contributed by atoms with Crippen molar-refractivity contribution >= 4 is 22.5 Å². The monoisotopic (exact) mass is 333 g/mol. The van der Waals surface area contributed by atoms with E-state index >= 15 is 0 Å². The molecule has 0 atom stereocenters. The smallest absolute Gasteiger partial charge is 0.252 e. The maximum absolute atomic E-state index is 11.6. The SMILES string of the molecule is CC(=O)c1cnc2nc(COc3cccc4cccnc34)nn2c1C. The van der Waals surface area contributed by atoms with Crippen LogP contribution >= 0.6 is 0 Å². The van der Waals surface area contributed by atoms with Gasteiger partial charge in [-0.3, -0.25) is 9.78 Å². The molecule has 0 aliphatic heterocycles. The largest absolute Gasteiger partial charge is 0.483 e. The number of nitrogens with zero attached hydrogens (tertiary/aromatic N) is 5. The fraction of sp³-hybridized carbons (Fsp3) is 0.167. The van der Waals surface area contributed by atoms with Gasteiger partial charge in [-0.15, -0.1) is 5.10 Å². The molecule has 0 radical (unpaired) electrons. The second-order valence-corrected chi connectivity index (χ2v) is 5.67. The molecule has 0 fully saturated rings. The van der Waals surface area contributed by atoms with Crippen LogP contribution in [-0.2, 0) is 6.61 Å². The van der Waals surface area contributed by atoms with E-state index in [2.05, 4.69) is 20.1 Å². The molecule has 7 nitrogen and oxygen atoms in total. The van der Waals surface area contributed by atoms with E-state index in [0.717, 1.165) is 10.9 Å². The first kappa shape index (κ1) is 15.2. The van der Waals surface area contributed by atoms with Gasteiger partial charge in [-0.25, -0.2) is 9.50 Å². The normalized spacial score (nSPS) is 11.1. The third-order valence-electron chi connectivity index (χ3n) is 3.98. The van der Waals surface area contributed by atoms with Crippen molar-refractivity contribution in [3.63, 3.8) is 0 Å². The summed E-state index contributed by atoms with van der Waals surface area (Å²) in [6, 6.07) is 9.63. The number of hydrogen-bond donors (Lipinski definition) is 0. The number of ketones is 1. The van der Waals surface area contributed by atoms with Gasteiger partial charge in [-0.2, -0.15) is 4.98 Å². The quantitative estimate of drug-likeness (QED) is 0.534. The molecule has 124 valence electrons. The van der Waals surface area contributed by atoms with Gasteiger partial charge in [-0.05, 0) is 26.0 Å². The summed E-state index contributed by atoms with van der Waals surface area (Å²) < 4.78 is 7.42. The minimum absolute atomic E-state index is 0.0537. The highest BCUT2D eigenvalue weighted by Crippen LogP contribution is 2.23. The number of pyridine rings is 1. The van der Waals surface area contributed by atoms with Gasteiger partial charge in [0.15, 0.2) is 11.6 Å². The molecule has 0 N–H and O–H groups in total. The topological polar surface area (TPSA) is 82.3 Å². The first-order chi connectivity index (χ1) is 12.1. The zero-order chi connectivity index (χ0) is 17.4. The van der Waals surface area contributed by atoms with E-state index in [1.165, 1.54) is 13.1 Å². The Labute approximate surface area is 143 Å². The molecular formula is C18H15N5O2. The van der Waals surface area contributed by atoms with Gasteiger partial charge in [-0.1, -0.05) is 18.2 Å². The van der Waals surface area contributed by atoms with Crippen LogP contribution in [0.3, 0.4) is 0 Å². The molecule has 4 rings (SSSR count). The van der Waals surface area contributed by atoms with Gasteiger partial charge in [0.2, 0.25) is 0 Å². The Morgan fingerprint density at radius 2 is 2.04 bits per heavy atom. The Morgan fingerprint density at radius 1 is 1.20 bits per heavy atom. The number of ether oxygens (including phenoxy) is 1. The van der Waals surface area contributed by atoms with Gasteiger partial charge in [0.05, 0.1) is 11.3 Å². The fourth-order valence-electron chi connectivity index (χ4n) is 2.73. The molecule has 7 heteroatoms. The summed E-state index contributed by atoms with van der Waals surface area (Å²) in [5, 5.41) is 5.40. The Hall–Kier alpha value is -3.35. The van der Waals surface area contributed by atoms with Crippen molar-refractivity contribution < 1.29 is 9.53 Å². The molecule has 0 bridgehead atoms. The summed E-state index contributed by atoms with van der Waals surface area (Å²) >= 11 is 0. The van der Waals surface area contributed by atoms with Gasteiger partial charge in [0.1, 0.15) is 17.9 Å². The van der Waals surface area contributed by atoms with Crippen LogP contribution in [0.1, 0.15) is 28.8 Å². The Bertz CT molecular complexity index is 1100. The lowest BCUT2D eigenvalue weighted by atomic mass is 10.2. The number of carbonyl (C=O) groups excluding carboxylic acids is 1. The highest BCUT2D eigenvalue weighted by atomic mass is 16.5. The van der Waals surface area contributed by atoms with Crippen molar-refractivity contribution in [1.82, 2.24) is 24.6 Å². The van der Waals surface area contributed by atoms with Crippen LogP contribution in [0.4, 0.5) is 0 Å². The standard InChI is InChI=1S/C18H15N5O2/c1-11-14(12(2)24)9-20-18-21-16(22-23(11)18)10-25-15-7-3-5-13-6-4-8-19-17(13)15/h3-9H,10H2,1-2H3. The van der Waals surface area contributed by atoms with Crippen molar-refractivity contribution in [2.75, 3.05) is 0 Å². The Morgan fingerprint density at radius 3 is 2.88 bits per heavy atom. The van der Waals surface area contributed by atoms with Gasteiger partial charge < -0.3 is 4.74 Å². The van der Waals surface area contributed by atoms with Gasteiger partial charge >= 0.3 is 0 Å². The molecule has 25 heavy (non-hydrogen) atoms. The Balaban J connectivity index is 1.65. The number of para-hydroxylation sites is 1. The zero-order valence-electron chi connectivity index (χ0n) is 13.8. The lowest BCUT2D eigenvalue weighted by Gasteiger charge is -2.06. The molecule has 0 aliphatic rings. The average molecular weight is 333 g/mol. The highest BCUT2D eigenvalue weighted by Gasteiger charge is 2.13. The van der Waals surface area contributed by atoms with Crippen LogP contribution in [0.5, 0.6) is 5.75 Å². The number of Topliss-reactive ketones (excluding diaryl/α,β-unsaturated/α-hetero) is 1. The second-order valence-electron chi connectivity index (χ2n) is 5.67. The van der Waals surface area contributed by atoms with Crippen molar-refractivity contribution in [2.45, 2.75) is 20.5 Å². The molecule has 4 aromatic rings. The Kier molecular flexibility index (Phi) is 3.61. The maximum atomic E-state index is 11.6. The van der Waals surface area contributed by atoms with E-state index in [9.17, 15) is 4.79 Å². The first-order valence-corrected chi connectivity index (χ1v) is 7.82. The summed E-state index contributed by atoms with van der Waals surface area (Å²) in [7, 11) is 0. The number of aromatic nitrogens is 5. The number of hydrogen-bond acceptors (Lipinski definition) is 6. The summed E-state index contributed by atoms with van der Waals surface area (Å²) in [5.41, 5.74) is 2.04. The van der Waals surface area contributed by atoms with Crippen LogP contribution < -0.4 is 4.74 Å². The molecule has 3 heterocycles. The average Bonchev–Trinajstić information content (AvgIpc) is 3.04. The van der Waals surface area contributed by atoms with Crippen molar-refractivity contribution in [3.8, 4) is 5.75 Å². The molecule has 0 aliphatic carbocycles.